The van der Waals surface area contributed by atoms with Crippen LogP contribution in [0.1, 0.15) is 16.7 Å². The van der Waals surface area contributed by atoms with Gasteiger partial charge >= 0.3 is 0 Å². The molecule has 0 aliphatic heterocycles. The Labute approximate surface area is 134 Å². The van der Waals surface area contributed by atoms with E-state index in [1.54, 1.807) is 35.6 Å². The molecule has 1 amide bonds. The SMILES string of the molecule is Cc1ccc(CC(C)NCC(=O)Nc2ccc(Cl)cc2)s1. The second-order valence-corrected chi connectivity index (χ2v) is 6.86. The zero-order valence-electron chi connectivity index (χ0n) is 12.2. The molecule has 1 atom stereocenters. The lowest BCUT2D eigenvalue weighted by atomic mass is 10.2. The molecular formula is C16H19ClN2OS. The van der Waals surface area contributed by atoms with Gasteiger partial charge in [0.1, 0.15) is 0 Å². The summed E-state index contributed by atoms with van der Waals surface area (Å²) < 4.78 is 0. The van der Waals surface area contributed by atoms with Gasteiger partial charge in [0, 0.05) is 26.5 Å². The summed E-state index contributed by atoms with van der Waals surface area (Å²) in [6.07, 6.45) is 0.937. The van der Waals surface area contributed by atoms with E-state index >= 15 is 0 Å². The Kier molecular flexibility index (Phi) is 5.79. The van der Waals surface area contributed by atoms with Gasteiger partial charge in [-0.3, -0.25) is 4.79 Å². The molecule has 1 heterocycles. The number of anilines is 1. The summed E-state index contributed by atoms with van der Waals surface area (Å²) in [6.45, 7) is 4.49. The van der Waals surface area contributed by atoms with Gasteiger partial charge in [-0.2, -0.15) is 0 Å². The van der Waals surface area contributed by atoms with Crippen LogP contribution >= 0.6 is 22.9 Å². The van der Waals surface area contributed by atoms with Gasteiger partial charge < -0.3 is 10.6 Å². The van der Waals surface area contributed by atoms with E-state index in [0.717, 1.165) is 12.1 Å². The van der Waals surface area contributed by atoms with Crippen LogP contribution in [0.2, 0.25) is 5.02 Å². The highest BCUT2D eigenvalue weighted by atomic mass is 35.5. The second-order valence-electron chi connectivity index (χ2n) is 5.05. The highest BCUT2D eigenvalue weighted by molar-refractivity contribution is 7.11. The van der Waals surface area contributed by atoms with Gasteiger partial charge in [0.05, 0.1) is 6.54 Å². The van der Waals surface area contributed by atoms with Crippen molar-refractivity contribution in [3.8, 4) is 0 Å². The van der Waals surface area contributed by atoms with E-state index in [1.807, 2.05) is 0 Å². The standard InChI is InChI=1S/C16H19ClN2OS/c1-11(9-15-8-3-12(2)21-15)18-10-16(20)19-14-6-4-13(17)5-7-14/h3-8,11,18H,9-10H2,1-2H3,(H,19,20). The van der Waals surface area contributed by atoms with Crippen molar-refractivity contribution >= 4 is 34.5 Å². The van der Waals surface area contributed by atoms with E-state index in [2.05, 4.69) is 36.6 Å². The van der Waals surface area contributed by atoms with Crippen LogP contribution in [-0.2, 0) is 11.2 Å². The summed E-state index contributed by atoms with van der Waals surface area (Å²) >= 11 is 7.61. The molecule has 112 valence electrons. The summed E-state index contributed by atoms with van der Waals surface area (Å²) in [5.41, 5.74) is 0.757. The van der Waals surface area contributed by atoms with Gasteiger partial charge in [-0.25, -0.2) is 0 Å². The largest absolute Gasteiger partial charge is 0.325 e. The number of carbonyl (C=O) groups excluding carboxylic acids is 1. The quantitative estimate of drug-likeness (QED) is 0.847. The Morgan fingerprint density at radius 3 is 2.57 bits per heavy atom. The smallest absolute Gasteiger partial charge is 0.238 e. The van der Waals surface area contributed by atoms with Gasteiger partial charge in [0.25, 0.3) is 0 Å². The van der Waals surface area contributed by atoms with Crippen molar-refractivity contribution in [2.24, 2.45) is 0 Å². The van der Waals surface area contributed by atoms with Gasteiger partial charge in [-0.15, -0.1) is 11.3 Å². The molecule has 0 aliphatic carbocycles. The van der Waals surface area contributed by atoms with Crippen LogP contribution in [-0.4, -0.2) is 18.5 Å². The molecular weight excluding hydrogens is 304 g/mol. The normalized spacial score (nSPS) is 12.1. The van der Waals surface area contributed by atoms with Crippen LogP contribution in [0.5, 0.6) is 0 Å². The minimum atomic E-state index is -0.0495. The van der Waals surface area contributed by atoms with Crippen molar-refractivity contribution in [3.05, 3.63) is 51.2 Å². The van der Waals surface area contributed by atoms with Gasteiger partial charge in [0.2, 0.25) is 5.91 Å². The van der Waals surface area contributed by atoms with E-state index in [0.29, 0.717) is 11.6 Å². The molecule has 0 radical (unpaired) electrons. The van der Waals surface area contributed by atoms with E-state index in [1.165, 1.54) is 9.75 Å². The molecule has 0 bridgehead atoms. The zero-order valence-corrected chi connectivity index (χ0v) is 13.7. The number of benzene rings is 1. The summed E-state index contributed by atoms with van der Waals surface area (Å²) in [4.78, 5) is 14.5. The predicted octanol–water partition coefficient (Wildman–Crippen LogP) is 3.87. The fourth-order valence-corrected chi connectivity index (χ4v) is 3.12. The molecule has 0 aliphatic rings. The number of amides is 1. The van der Waals surface area contributed by atoms with Crippen LogP contribution < -0.4 is 10.6 Å². The van der Waals surface area contributed by atoms with Crippen LogP contribution in [0.25, 0.3) is 0 Å². The molecule has 1 aromatic carbocycles. The average Bonchev–Trinajstić information content (AvgIpc) is 2.84. The molecule has 1 aromatic heterocycles. The monoisotopic (exact) mass is 322 g/mol. The van der Waals surface area contributed by atoms with E-state index in [4.69, 9.17) is 11.6 Å². The summed E-state index contributed by atoms with van der Waals surface area (Å²) in [6, 6.07) is 11.6. The maximum atomic E-state index is 11.9. The molecule has 21 heavy (non-hydrogen) atoms. The molecule has 5 heteroatoms. The Morgan fingerprint density at radius 2 is 1.95 bits per heavy atom. The van der Waals surface area contributed by atoms with Gasteiger partial charge in [-0.1, -0.05) is 11.6 Å². The first-order chi connectivity index (χ1) is 10.0. The van der Waals surface area contributed by atoms with E-state index < -0.39 is 0 Å². The minimum absolute atomic E-state index is 0.0495. The number of aryl methyl sites for hydroxylation is 1. The Morgan fingerprint density at radius 1 is 1.24 bits per heavy atom. The molecule has 0 saturated heterocycles. The average molecular weight is 323 g/mol. The Bertz CT molecular complexity index is 595. The third-order valence-corrected chi connectivity index (χ3v) is 4.32. The van der Waals surface area contributed by atoms with Crippen LogP contribution in [0.15, 0.2) is 36.4 Å². The van der Waals surface area contributed by atoms with E-state index in [9.17, 15) is 4.79 Å². The predicted molar refractivity (Wildman–Crippen MR) is 90.3 cm³/mol. The fourth-order valence-electron chi connectivity index (χ4n) is 1.97. The highest BCUT2D eigenvalue weighted by Crippen LogP contribution is 2.16. The molecule has 2 rings (SSSR count). The third kappa shape index (κ3) is 5.50. The highest BCUT2D eigenvalue weighted by Gasteiger charge is 2.08. The van der Waals surface area contributed by atoms with Crippen LogP contribution in [0.4, 0.5) is 5.69 Å². The molecule has 0 spiro atoms. The lowest BCUT2D eigenvalue weighted by Gasteiger charge is -2.13. The third-order valence-electron chi connectivity index (χ3n) is 3.04. The van der Waals surface area contributed by atoms with Crippen molar-refractivity contribution in [2.75, 3.05) is 11.9 Å². The first kappa shape index (κ1) is 16.0. The number of thiophene rings is 1. The van der Waals surface area contributed by atoms with E-state index in [-0.39, 0.29) is 11.9 Å². The number of carbonyl (C=O) groups is 1. The summed E-state index contributed by atoms with van der Waals surface area (Å²) in [5.74, 6) is -0.0495. The summed E-state index contributed by atoms with van der Waals surface area (Å²) in [7, 11) is 0. The topological polar surface area (TPSA) is 41.1 Å². The second kappa shape index (κ2) is 7.59. The maximum Gasteiger partial charge on any atom is 0.238 e. The lowest BCUT2D eigenvalue weighted by Crippen LogP contribution is -2.35. The number of halogens is 1. The molecule has 2 N–H and O–H groups in total. The Hall–Kier alpha value is -1.36. The van der Waals surface area contributed by atoms with Crippen molar-refractivity contribution in [2.45, 2.75) is 26.3 Å². The first-order valence-corrected chi connectivity index (χ1v) is 8.06. The van der Waals surface area contributed by atoms with Gasteiger partial charge in [-0.05, 0) is 56.7 Å². The molecule has 0 saturated carbocycles. The molecule has 2 aromatic rings. The first-order valence-electron chi connectivity index (χ1n) is 6.87. The zero-order chi connectivity index (χ0) is 15.2. The van der Waals surface area contributed by atoms with Crippen molar-refractivity contribution in [3.63, 3.8) is 0 Å². The molecule has 1 unspecified atom stereocenters. The van der Waals surface area contributed by atoms with Crippen LogP contribution in [0.3, 0.4) is 0 Å². The van der Waals surface area contributed by atoms with Crippen LogP contribution in [0, 0.1) is 6.92 Å². The number of rotatable bonds is 6. The number of nitrogens with one attached hydrogen (secondary N) is 2. The van der Waals surface area contributed by atoms with Crippen molar-refractivity contribution < 1.29 is 4.79 Å². The summed E-state index contributed by atoms with van der Waals surface area (Å²) in [5, 5.41) is 6.73. The lowest BCUT2D eigenvalue weighted by molar-refractivity contribution is -0.115. The number of hydrogen-bond donors (Lipinski definition) is 2. The van der Waals surface area contributed by atoms with Crippen molar-refractivity contribution in [1.29, 1.82) is 0 Å². The minimum Gasteiger partial charge on any atom is -0.325 e. The maximum absolute atomic E-state index is 11.9. The number of hydrogen-bond acceptors (Lipinski definition) is 3. The molecule has 0 fully saturated rings. The van der Waals surface area contributed by atoms with Gasteiger partial charge in [0.15, 0.2) is 0 Å². The Balaban J connectivity index is 1.74. The molecule has 3 nitrogen and oxygen atoms in total. The fraction of sp³-hybridized carbons (Fsp3) is 0.312. The van der Waals surface area contributed by atoms with Crippen molar-refractivity contribution in [1.82, 2.24) is 5.32 Å².